The van der Waals surface area contributed by atoms with Crippen LogP contribution < -0.4 is 31.1 Å². The molecule has 1 aromatic heterocycles. The maximum atomic E-state index is 7.08. The lowest BCUT2D eigenvalue weighted by atomic mass is 9.36. The van der Waals surface area contributed by atoms with Crippen molar-refractivity contribution in [2.24, 2.45) is 0 Å². The van der Waals surface area contributed by atoms with Crippen molar-refractivity contribution in [3.63, 3.8) is 0 Å². The largest absolute Gasteiger partial charge is 0.468 e. The molecule has 236 valence electrons. The highest BCUT2D eigenvalue weighted by Gasteiger charge is 2.46. The molecule has 0 N–H and O–H groups in total. The number of benzene rings is 6. The van der Waals surface area contributed by atoms with E-state index < -0.39 is 0 Å². The number of nitrogens with zero attached hydrogens (tertiary/aromatic N) is 2. The minimum atomic E-state index is -0.101. The molecule has 0 atom stereocenters. The van der Waals surface area contributed by atoms with Crippen LogP contribution >= 0.6 is 0 Å². The zero-order valence-electron chi connectivity index (χ0n) is 27.9. The van der Waals surface area contributed by atoms with Crippen LogP contribution in [0, 0.1) is 0 Å². The normalized spacial score (nSPS) is 13.9. The van der Waals surface area contributed by atoms with Gasteiger partial charge in [0.1, 0.15) is 17.1 Å². The van der Waals surface area contributed by atoms with E-state index in [2.05, 4.69) is 164 Å². The Bertz CT molecular complexity index is 2370. The summed E-state index contributed by atoms with van der Waals surface area (Å²) in [6, 6.07) is 47.9. The molecular weight excluding hydrogens is 599 g/mol. The fourth-order valence-electron chi connectivity index (χ4n) is 7.95. The molecule has 4 nitrogen and oxygen atoms in total. The summed E-state index contributed by atoms with van der Waals surface area (Å²) in [5, 5.41) is 1.12. The number of hydrogen-bond donors (Lipinski definition) is 0. The highest BCUT2D eigenvalue weighted by Crippen LogP contribution is 2.48. The van der Waals surface area contributed by atoms with Gasteiger partial charge < -0.3 is 19.0 Å². The monoisotopic (exact) mass is 634 g/mol. The highest BCUT2D eigenvalue weighted by molar-refractivity contribution is 6.99. The summed E-state index contributed by atoms with van der Waals surface area (Å²) in [4.78, 5) is 4.73. The van der Waals surface area contributed by atoms with Crippen LogP contribution in [0.2, 0.25) is 0 Å². The van der Waals surface area contributed by atoms with E-state index in [1.807, 2.05) is 0 Å². The summed E-state index contributed by atoms with van der Waals surface area (Å²) in [5.74, 6) is 1.79. The van der Waals surface area contributed by atoms with Crippen molar-refractivity contribution < 1.29 is 9.15 Å². The van der Waals surface area contributed by atoms with Gasteiger partial charge in [0.2, 0.25) is 0 Å². The first-order valence-corrected chi connectivity index (χ1v) is 17.3. The third-order valence-electron chi connectivity index (χ3n) is 10.5. The molecule has 0 saturated carbocycles. The second-order valence-electron chi connectivity index (χ2n) is 14.5. The van der Waals surface area contributed by atoms with Gasteiger partial charge in [-0.25, -0.2) is 0 Å². The number of hydrogen-bond acceptors (Lipinski definition) is 4. The summed E-state index contributed by atoms with van der Waals surface area (Å²) in [5.41, 5.74) is 14.8. The molecule has 0 bridgehead atoms. The fraction of sp³-hybridized carbons (Fsp3) is 0.136. The molecular formula is C44H35BN2O2. The summed E-state index contributed by atoms with van der Waals surface area (Å²) in [6.45, 7) is 6.67. The zero-order valence-corrected chi connectivity index (χ0v) is 27.9. The first-order chi connectivity index (χ1) is 23.9. The first kappa shape index (κ1) is 28.3. The Morgan fingerprint density at radius 3 is 1.96 bits per heavy atom. The van der Waals surface area contributed by atoms with Crippen molar-refractivity contribution in [3.05, 3.63) is 150 Å². The molecule has 0 fully saturated rings. The van der Waals surface area contributed by atoms with Gasteiger partial charge in [-0.05, 0) is 101 Å². The molecule has 0 radical (unpaired) electrons. The number of rotatable bonds is 4. The molecule has 5 heteroatoms. The van der Waals surface area contributed by atoms with Crippen molar-refractivity contribution in [3.8, 4) is 11.5 Å². The van der Waals surface area contributed by atoms with Crippen molar-refractivity contribution in [1.82, 2.24) is 0 Å². The molecule has 0 saturated heterocycles. The molecule has 0 amide bonds. The lowest BCUT2D eigenvalue weighted by molar-refractivity contribution is 0.485. The third kappa shape index (κ3) is 4.31. The van der Waals surface area contributed by atoms with Gasteiger partial charge >= 0.3 is 6.71 Å². The van der Waals surface area contributed by atoms with E-state index in [9.17, 15) is 0 Å². The van der Waals surface area contributed by atoms with Crippen LogP contribution in [0.4, 0.5) is 34.1 Å². The summed E-state index contributed by atoms with van der Waals surface area (Å²) in [6.07, 6.45) is 2.20. The molecule has 6 aromatic carbocycles. The lowest BCUT2D eigenvalue weighted by Gasteiger charge is -2.39. The molecule has 3 aliphatic rings. The van der Waals surface area contributed by atoms with Crippen LogP contribution in [-0.4, -0.2) is 6.71 Å². The van der Waals surface area contributed by atoms with Gasteiger partial charge in [0.15, 0.2) is 0 Å². The number of para-hydroxylation sites is 3. The van der Waals surface area contributed by atoms with Crippen LogP contribution in [0.5, 0.6) is 11.5 Å². The average molecular weight is 635 g/mol. The second-order valence-corrected chi connectivity index (χ2v) is 14.5. The minimum absolute atomic E-state index is 0.00243. The van der Waals surface area contributed by atoms with E-state index in [0.29, 0.717) is 0 Å². The van der Waals surface area contributed by atoms with Crippen LogP contribution in [0.1, 0.15) is 37.5 Å². The molecule has 49 heavy (non-hydrogen) atoms. The van der Waals surface area contributed by atoms with E-state index in [-0.39, 0.29) is 12.1 Å². The van der Waals surface area contributed by atoms with E-state index >= 15 is 0 Å². The topological polar surface area (TPSA) is 28.9 Å². The van der Waals surface area contributed by atoms with Gasteiger partial charge in [-0.3, -0.25) is 0 Å². The molecule has 0 spiro atoms. The zero-order chi connectivity index (χ0) is 32.9. The van der Waals surface area contributed by atoms with Crippen LogP contribution in [0.3, 0.4) is 0 Å². The highest BCUT2D eigenvalue weighted by atomic mass is 16.5. The van der Waals surface area contributed by atoms with Crippen LogP contribution in [0.15, 0.2) is 138 Å². The molecule has 7 aromatic rings. The van der Waals surface area contributed by atoms with Crippen molar-refractivity contribution >= 4 is 68.4 Å². The van der Waals surface area contributed by atoms with E-state index in [1.165, 1.54) is 22.2 Å². The van der Waals surface area contributed by atoms with Crippen molar-refractivity contribution in [1.29, 1.82) is 0 Å². The predicted octanol–water partition coefficient (Wildman–Crippen LogP) is 9.70. The van der Waals surface area contributed by atoms with Crippen LogP contribution in [-0.2, 0) is 18.3 Å². The predicted molar refractivity (Wildman–Crippen MR) is 203 cm³/mol. The maximum absolute atomic E-state index is 7.08. The Morgan fingerprint density at radius 1 is 0.653 bits per heavy atom. The smallest absolute Gasteiger partial charge is 0.301 e. The number of ether oxygens (including phenoxy) is 1. The summed E-state index contributed by atoms with van der Waals surface area (Å²) < 4.78 is 14.1. The van der Waals surface area contributed by atoms with Crippen LogP contribution in [0.25, 0.3) is 11.0 Å². The fourth-order valence-corrected chi connectivity index (χ4v) is 7.95. The SMILES string of the molecule is CC(C)(C)c1ccc2c3c(oc2c1)B1c2cc4c(cc2Oc2cc(N(c5ccccc5)c5ccccc5)cc(c21)N3c1ccccc1)CC4. The van der Waals surface area contributed by atoms with Crippen molar-refractivity contribution in [2.75, 3.05) is 9.80 Å². The molecule has 2 aliphatic heterocycles. The van der Waals surface area contributed by atoms with Gasteiger partial charge in [0, 0.05) is 39.7 Å². The van der Waals surface area contributed by atoms with Crippen molar-refractivity contribution in [2.45, 2.75) is 39.0 Å². The number of furan rings is 1. The Labute approximate surface area is 287 Å². The standard InChI is InChI=1S/C44H35BN2O2/c1-44(2,3)30-21-22-35-38(25-30)49-43-42(35)47(33-17-11-6-12-18-33)37-26-34(46(31-13-7-4-8-14-31)32-15-9-5-10-16-32)27-40-41(37)45(43)36-23-28-19-20-29(28)24-39(36)48-40/h4-18,21-27H,19-20H2,1-3H3. The summed E-state index contributed by atoms with van der Waals surface area (Å²) >= 11 is 0. The van der Waals surface area contributed by atoms with E-state index in [4.69, 9.17) is 9.15 Å². The molecule has 3 heterocycles. The van der Waals surface area contributed by atoms with Gasteiger partial charge in [-0.2, -0.15) is 0 Å². The first-order valence-electron chi connectivity index (χ1n) is 17.3. The van der Waals surface area contributed by atoms with Gasteiger partial charge in [-0.15, -0.1) is 0 Å². The molecule has 10 rings (SSSR count). The Morgan fingerprint density at radius 2 is 1.31 bits per heavy atom. The number of aryl methyl sites for hydroxylation is 2. The van der Waals surface area contributed by atoms with Gasteiger partial charge in [0.25, 0.3) is 0 Å². The second kappa shape index (κ2) is 10.4. The van der Waals surface area contributed by atoms with E-state index in [0.717, 1.165) is 80.6 Å². The molecule has 1 aliphatic carbocycles. The summed E-state index contributed by atoms with van der Waals surface area (Å²) in [7, 11) is 0. The Hall–Kier alpha value is -5.68. The molecule has 0 unspecified atom stereocenters. The van der Waals surface area contributed by atoms with E-state index in [1.54, 1.807) is 0 Å². The minimum Gasteiger partial charge on any atom is -0.468 e. The van der Waals surface area contributed by atoms with Gasteiger partial charge in [-0.1, -0.05) is 87.5 Å². The Balaban J connectivity index is 1.30. The number of anilines is 6. The Kier molecular flexibility index (Phi) is 6.02. The lowest BCUT2D eigenvalue weighted by Crippen LogP contribution is -2.59. The number of fused-ring (bicyclic) bond motifs is 7. The third-order valence-corrected chi connectivity index (χ3v) is 10.5. The quantitative estimate of drug-likeness (QED) is 0.180. The maximum Gasteiger partial charge on any atom is 0.301 e. The average Bonchev–Trinajstić information content (AvgIpc) is 3.49. The van der Waals surface area contributed by atoms with Gasteiger partial charge in [0.05, 0.1) is 17.0 Å².